The van der Waals surface area contributed by atoms with Crippen molar-refractivity contribution < 1.29 is 23.8 Å². The lowest BCUT2D eigenvalue weighted by Gasteiger charge is -2.40. The molecule has 2 aliphatic rings. The van der Waals surface area contributed by atoms with E-state index in [4.69, 9.17) is 14.2 Å². The molecule has 0 radical (unpaired) electrons. The topological polar surface area (TPSA) is 68.3 Å². The van der Waals surface area contributed by atoms with Gasteiger partial charge in [0.2, 0.25) is 5.91 Å². The molecule has 3 aromatic carbocycles. The number of ether oxygens (including phenoxy) is 3. The van der Waals surface area contributed by atoms with Crippen molar-refractivity contribution in [2.45, 2.75) is 45.8 Å². The summed E-state index contributed by atoms with van der Waals surface area (Å²) in [7, 11) is 3.20. The minimum Gasteiger partial charge on any atom is -0.496 e. The van der Waals surface area contributed by atoms with E-state index < -0.39 is 0 Å². The second-order valence-electron chi connectivity index (χ2n) is 11.0. The fourth-order valence-electron chi connectivity index (χ4n) is 6.19. The van der Waals surface area contributed by atoms with Crippen LogP contribution >= 0.6 is 0 Å². The first kappa shape index (κ1) is 29.4. The summed E-state index contributed by atoms with van der Waals surface area (Å²) in [5, 5.41) is 0. The van der Waals surface area contributed by atoms with Gasteiger partial charge in [-0.1, -0.05) is 72.3 Å². The second kappa shape index (κ2) is 13.3. The number of carbonyl (C=O) groups excluding carboxylic acids is 2. The maximum atomic E-state index is 13.2. The highest BCUT2D eigenvalue weighted by Gasteiger charge is 2.33. The van der Waals surface area contributed by atoms with Gasteiger partial charge in [0.1, 0.15) is 23.7 Å². The van der Waals surface area contributed by atoms with Gasteiger partial charge in [-0.25, -0.2) is 4.79 Å². The lowest BCUT2D eigenvalue weighted by atomic mass is 9.94. The maximum Gasteiger partial charge on any atom is 0.342 e. The lowest BCUT2D eigenvalue weighted by Crippen LogP contribution is -2.49. The molecule has 3 aromatic rings. The quantitative estimate of drug-likeness (QED) is 0.225. The number of nitrogens with zero attached hydrogens (tertiary/aromatic N) is 2. The molecular weight excluding hydrogens is 528 g/mol. The van der Waals surface area contributed by atoms with Crippen molar-refractivity contribution in [3.8, 4) is 11.5 Å². The van der Waals surface area contributed by atoms with E-state index in [1.54, 1.807) is 14.2 Å². The lowest BCUT2D eigenvalue weighted by molar-refractivity contribution is -0.133. The van der Waals surface area contributed by atoms with Crippen LogP contribution in [0.15, 0.2) is 72.3 Å². The molecule has 0 saturated carbocycles. The molecule has 0 atom stereocenters. The van der Waals surface area contributed by atoms with Gasteiger partial charge in [-0.2, -0.15) is 0 Å². The SMILES string of the molecule is COc1c(C)c2c(c(OC)c1C/C=C(\C)CCC(=O)N1CCN(C(c3ccccc3)c3ccccc3)CC1)C(=O)OC2. The first-order valence-electron chi connectivity index (χ1n) is 14.6. The van der Waals surface area contributed by atoms with Crippen molar-refractivity contribution in [3.63, 3.8) is 0 Å². The van der Waals surface area contributed by atoms with E-state index in [0.717, 1.165) is 48.4 Å². The van der Waals surface area contributed by atoms with Crippen LogP contribution in [0.25, 0.3) is 0 Å². The van der Waals surface area contributed by atoms with Crippen LogP contribution in [0.3, 0.4) is 0 Å². The van der Waals surface area contributed by atoms with Gasteiger partial charge in [-0.3, -0.25) is 9.69 Å². The van der Waals surface area contributed by atoms with Gasteiger partial charge in [-0.05, 0) is 43.4 Å². The van der Waals surface area contributed by atoms with Gasteiger partial charge in [0.25, 0.3) is 0 Å². The number of rotatable bonds is 10. The Kier molecular flexibility index (Phi) is 9.28. The first-order chi connectivity index (χ1) is 20.4. The third-order valence-corrected chi connectivity index (χ3v) is 8.48. The molecule has 0 spiro atoms. The van der Waals surface area contributed by atoms with Crippen LogP contribution in [0.5, 0.6) is 11.5 Å². The second-order valence-corrected chi connectivity index (χ2v) is 11.0. The number of fused-ring (bicyclic) bond motifs is 1. The van der Waals surface area contributed by atoms with Crippen LogP contribution in [-0.4, -0.2) is 62.1 Å². The highest BCUT2D eigenvalue weighted by Crippen LogP contribution is 2.42. The third-order valence-electron chi connectivity index (χ3n) is 8.48. The molecule has 0 aliphatic carbocycles. The van der Waals surface area contributed by atoms with Crippen molar-refractivity contribution >= 4 is 11.9 Å². The number of allylic oxidation sites excluding steroid dienone is 2. The molecule has 7 nitrogen and oxygen atoms in total. The Morgan fingerprint density at radius 3 is 2.07 bits per heavy atom. The van der Waals surface area contributed by atoms with Crippen molar-refractivity contribution in [2.24, 2.45) is 0 Å². The molecule has 1 amide bonds. The number of esters is 1. The van der Waals surface area contributed by atoms with Crippen LogP contribution in [0.1, 0.15) is 64.0 Å². The van der Waals surface area contributed by atoms with Gasteiger partial charge in [-0.15, -0.1) is 0 Å². The number of benzene rings is 3. The highest BCUT2D eigenvalue weighted by atomic mass is 16.5. The van der Waals surface area contributed by atoms with Gasteiger partial charge in [0.15, 0.2) is 0 Å². The fourth-order valence-corrected chi connectivity index (χ4v) is 6.19. The zero-order chi connectivity index (χ0) is 29.6. The predicted molar refractivity (Wildman–Crippen MR) is 163 cm³/mol. The highest BCUT2D eigenvalue weighted by molar-refractivity contribution is 5.98. The van der Waals surface area contributed by atoms with E-state index >= 15 is 0 Å². The normalized spacial score (nSPS) is 15.5. The summed E-state index contributed by atoms with van der Waals surface area (Å²) in [5.74, 6) is 1.05. The molecule has 0 N–H and O–H groups in total. The molecule has 5 rings (SSSR count). The number of methoxy groups -OCH3 is 2. The van der Waals surface area contributed by atoms with Crippen molar-refractivity contribution in [1.82, 2.24) is 9.80 Å². The van der Waals surface area contributed by atoms with Crippen LogP contribution in [0, 0.1) is 6.92 Å². The summed E-state index contributed by atoms with van der Waals surface area (Å²) in [6.45, 7) is 7.32. The summed E-state index contributed by atoms with van der Waals surface area (Å²) in [6.07, 6.45) is 3.77. The molecule has 220 valence electrons. The van der Waals surface area contributed by atoms with Crippen molar-refractivity contribution in [3.05, 3.63) is 106 Å². The number of carbonyl (C=O) groups is 2. The monoisotopic (exact) mass is 568 g/mol. The van der Waals surface area contributed by atoms with Crippen LogP contribution < -0.4 is 9.47 Å². The Morgan fingerprint density at radius 2 is 1.50 bits per heavy atom. The molecule has 2 aliphatic heterocycles. The number of cyclic esters (lactones) is 1. The standard InChI is InChI=1S/C35H40N2O5/c1-24(15-17-28-33(40-3)25(2)29-23-42-35(39)31(29)34(28)41-4)16-18-30(38)36-19-21-37(22-20-36)32(26-11-7-5-8-12-26)27-13-9-6-10-14-27/h5-15,32H,16-23H2,1-4H3/b24-15+. The van der Waals surface area contributed by atoms with E-state index in [-0.39, 0.29) is 24.5 Å². The summed E-state index contributed by atoms with van der Waals surface area (Å²) in [5.41, 5.74) is 6.69. The Hall–Kier alpha value is -4.10. The smallest absolute Gasteiger partial charge is 0.342 e. The molecule has 42 heavy (non-hydrogen) atoms. The average molecular weight is 569 g/mol. The zero-order valence-electron chi connectivity index (χ0n) is 25.0. The van der Waals surface area contributed by atoms with Crippen molar-refractivity contribution in [2.75, 3.05) is 40.4 Å². The van der Waals surface area contributed by atoms with Gasteiger partial charge in [0, 0.05) is 43.7 Å². The summed E-state index contributed by atoms with van der Waals surface area (Å²) >= 11 is 0. The molecule has 1 saturated heterocycles. The first-order valence-corrected chi connectivity index (χ1v) is 14.6. The largest absolute Gasteiger partial charge is 0.496 e. The number of hydrogen-bond acceptors (Lipinski definition) is 6. The molecule has 0 bridgehead atoms. The van der Waals surface area contributed by atoms with Crippen molar-refractivity contribution in [1.29, 1.82) is 0 Å². The number of amides is 1. The van der Waals surface area contributed by atoms with E-state index in [9.17, 15) is 9.59 Å². The summed E-state index contributed by atoms with van der Waals surface area (Å²) in [6, 6.07) is 21.4. The van der Waals surface area contributed by atoms with Crippen LogP contribution in [-0.2, 0) is 22.6 Å². The fraction of sp³-hybridized carbons (Fsp3) is 0.371. The van der Waals surface area contributed by atoms with Crippen LogP contribution in [0.4, 0.5) is 0 Å². The Labute approximate surface area is 248 Å². The zero-order valence-corrected chi connectivity index (χ0v) is 25.0. The Morgan fingerprint density at radius 1 is 0.905 bits per heavy atom. The Balaban J connectivity index is 1.20. The van der Waals surface area contributed by atoms with E-state index in [0.29, 0.717) is 36.3 Å². The third kappa shape index (κ3) is 6.07. The minimum absolute atomic E-state index is 0.175. The minimum atomic E-state index is -0.362. The number of hydrogen-bond donors (Lipinski definition) is 0. The molecule has 0 aromatic heterocycles. The molecular formula is C35H40N2O5. The van der Waals surface area contributed by atoms with Gasteiger partial charge in [0.05, 0.1) is 20.3 Å². The molecule has 0 unspecified atom stereocenters. The summed E-state index contributed by atoms with van der Waals surface area (Å²) in [4.78, 5) is 30.1. The Bertz CT molecular complexity index is 1400. The number of piperazine rings is 1. The van der Waals surface area contributed by atoms with E-state index in [2.05, 4.69) is 59.5 Å². The van der Waals surface area contributed by atoms with Crippen LogP contribution in [0.2, 0.25) is 0 Å². The molecule has 7 heteroatoms. The summed E-state index contributed by atoms with van der Waals surface area (Å²) < 4.78 is 16.7. The van der Waals surface area contributed by atoms with E-state index in [1.807, 2.05) is 30.9 Å². The van der Waals surface area contributed by atoms with E-state index in [1.165, 1.54) is 11.1 Å². The van der Waals surface area contributed by atoms with Gasteiger partial charge < -0.3 is 19.1 Å². The predicted octanol–water partition coefficient (Wildman–Crippen LogP) is 5.89. The molecule has 2 heterocycles. The maximum absolute atomic E-state index is 13.2. The van der Waals surface area contributed by atoms with Gasteiger partial charge >= 0.3 is 5.97 Å². The molecule has 1 fully saturated rings. The average Bonchev–Trinajstić information content (AvgIpc) is 3.42.